The topological polar surface area (TPSA) is 47.6 Å². The van der Waals surface area contributed by atoms with Gasteiger partial charge in [-0.1, -0.05) is 42.2 Å². The highest BCUT2D eigenvalue weighted by molar-refractivity contribution is 8.26. The van der Waals surface area contributed by atoms with Crippen LogP contribution in [0.2, 0.25) is 0 Å². The summed E-state index contributed by atoms with van der Waals surface area (Å²) in [6.07, 6.45) is 1.74. The van der Waals surface area contributed by atoms with E-state index in [1.165, 1.54) is 23.9 Å². The van der Waals surface area contributed by atoms with E-state index in [1.54, 1.807) is 37.5 Å². The van der Waals surface area contributed by atoms with E-state index in [1.807, 2.05) is 6.07 Å². The highest BCUT2D eigenvalue weighted by Gasteiger charge is 2.22. The van der Waals surface area contributed by atoms with Gasteiger partial charge in [0.25, 0.3) is 5.91 Å². The Morgan fingerprint density at radius 2 is 1.96 bits per heavy atom. The molecule has 3 rings (SSSR count). The fourth-order valence-corrected chi connectivity index (χ4v) is 3.25. The molecule has 1 N–H and O–H groups in total. The number of thiocarbonyl (C=S) groups is 1. The minimum atomic E-state index is -0.285. The summed E-state index contributed by atoms with van der Waals surface area (Å²) >= 11 is 6.19. The van der Waals surface area contributed by atoms with E-state index in [2.05, 4.69) is 5.32 Å². The molecule has 0 aliphatic carbocycles. The quantitative estimate of drug-likeness (QED) is 0.634. The zero-order valence-electron chi connectivity index (χ0n) is 13.2. The molecule has 2 aromatic rings. The molecule has 128 valence electrons. The largest absolute Gasteiger partial charge is 0.493 e. The van der Waals surface area contributed by atoms with Crippen LogP contribution in [0, 0.1) is 5.82 Å². The number of thioether (sulfide) groups is 1. The molecule has 1 heterocycles. The van der Waals surface area contributed by atoms with Crippen LogP contribution in [0.5, 0.6) is 11.5 Å². The minimum absolute atomic E-state index is 0.203. The molecule has 0 aromatic heterocycles. The Morgan fingerprint density at radius 3 is 2.60 bits per heavy atom. The normalized spacial score (nSPS) is 15.4. The van der Waals surface area contributed by atoms with E-state index in [9.17, 15) is 9.18 Å². The van der Waals surface area contributed by atoms with Gasteiger partial charge in [0, 0.05) is 0 Å². The van der Waals surface area contributed by atoms with Gasteiger partial charge in [-0.15, -0.1) is 0 Å². The molecule has 1 amide bonds. The standard InChI is InChI=1S/C18H14FNO3S2/c1-22-15-8-12(9-16-17(21)20-18(24)25-16)4-7-14(15)23-10-11-2-5-13(19)6-3-11/h2-9H,10H2,1H3,(H,20,21,24)/b16-9-. The molecule has 4 nitrogen and oxygen atoms in total. The number of nitrogens with one attached hydrogen (secondary N) is 1. The van der Waals surface area contributed by atoms with Crippen LogP contribution in [0.15, 0.2) is 47.4 Å². The minimum Gasteiger partial charge on any atom is -0.493 e. The molecule has 0 unspecified atom stereocenters. The Labute approximate surface area is 154 Å². The van der Waals surface area contributed by atoms with E-state index in [0.717, 1.165) is 11.1 Å². The van der Waals surface area contributed by atoms with Crippen LogP contribution in [0.4, 0.5) is 4.39 Å². The summed E-state index contributed by atoms with van der Waals surface area (Å²) in [6, 6.07) is 11.5. The molecule has 1 aliphatic heterocycles. The first kappa shape index (κ1) is 17.4. The fourth-order valence-electron chi connectivity index (χ4n) is 2.21. The maximum atomic E-state index is 12.9. The van der Waals surface area contributed by atoms with Gasteiger partial charge >= 0.3 is 0 Å². The molecule has 25 heavy (non-hydrogen) atoms. The molecule has 1 saturated heterocycles. The van der Waals surface area contributed by atoms with Gasteiger partial charge in [-0.2, -0.15) is 0 Å². The lowest BCUT2D eigenvalue weighted by Crippen LogP contribution is -2.17. The number of hydrogen-bond acceptors (Lipinski definition) is 5. The van der Waals surface area contributed by atoms with Crippen LogP contribution >= 0.6 is 24.0 Å². The molecule has 0 spiro atoms. The summed E-state index contributed by atoms with van der Waals surface area (Å²) in [5, 5.41) is 2.57. The number of halogens is 1. The van der Waals surface area contributed by atoms with E-state index in [0.29, 0.717) is 27.3 Å². The Hall–Kier alpha value is -2.38. The Balaban J connectivity index is 1.75. The number of hydrogen-bond donors (Lipinski definition) is 1. The number of carbonyl (C=O) groups is 1. The van der Waals surface area contributed by atoms with Crippen LogP contribution in [0.25, 0.3) is 6.08 Å². The van der Waals surface area contributed by atoms with Gasteiger partial charge in [0.15, 0.2) is 11.5 Å². The van der Waals surface area contributed by atoms with Gasteiger partial charge in [-0.05, 0) is 41.5 Å². The van der Waals surface area contributed by atoms with Gasteiger partial charge in [0.1, 0.15) is 16.7 Å². The number of methoxy groups -OCH3 is 1. The summed E-state index contributed by atoms with van der Waals surface area (Å²) in [7, 11) is 1.54. The maximum Gasteiger partial charge on any atom is 0.263 e. The van der Waals surface area contributed by atoms with Crippen molar-refractivity contribution >= 4 is 40.3 Å². The van der Waals surface area contributed by atoms with Crippen LogP contribution in [-0.4, -0.2) is 17.3 Å². The van der Waals surface area contributed by atoms with Gasteiger partial charge < -0.3 is 14.8 Å². The molecule has 0 saturated carbocycles. The van der Waals surface area contributed by atoms with Crippen molar-refractivity contribution in [1.29, 1.82) is 0 Å². The van der Waals surface area contributed by atoms with E-state index >= 15 is 0 Å². The molecule has 0 bridgehead atoms. The summed E-state index contributed by atoms with van der Waals surface area (Å²) in [5.74, 6) is 0.619. The number of ether oxygens (including phenoxy) is 2. The summed E-state index contributed by atoms with van der Waals surface area (Å²) in [4.78, 5) is 12.3. The molecule has 0 radical (unpaired) electrons. The zero-order chi connectivity index (χ0) is 17.8. The second-order valence-corrected chi connectivity index (χ2v) is 6.90. The van der Waals surface area contributed by atoms with Crippen LogP contribution in [0.3, 0.4) is 0 Å². The predicted molar refractivity (Wildman–Crippen MR) is 100 cm³/mol. The van der Waals surface area contributed by atoms with Gasteiger partial charge in [-0.3, -0.25) is 4.79 Å². The van der Waals surface area contributed by atoms with Crippen molar-refractivity contribution in [1.82, 2.24) is 5.32 Å². The first-order chi connectivity index (χ1) is 12.0. The molecule has 1 aliphatic rings. The first-order valence-corrected chi connectivity index (χ1v) is 8.58. The van der Waals surface area contributed by atoms with Crippen LogP contribution < -0.4 is 14.8 Å². The lowest BCUT2D eigenvalue weighted by Gasteiger charge is -2.11. The predicted octanol–water partition coefficient (Wildman–Crippen LogP) is 3.90. The number of benzene rings is 2. The average molecular weight is 375 g/mol. The van der Waals surface area contributed by atoms with Gasteiger partial charge in [0.2, 0.25) is 0 Å². The SMILES string of the molecule is COc1cc(/C=C2\SC(=S)NC2=O)ccc1OCc1ccc(F)cc1. The third-order valence-electron chi connectivity index (χ3n) is 3.44. The van der Waals surface area contributed by atoms with Gasteiger partial charge in [0.05, 0.1) is 12.0 Å². The molecule has 7 heteroatoms. The van der Waals surface area contributed by atoms with Crippen molar-refractivity contribution < 1.29 is 18.7 Å². The first-order valence-electron chi connectivity index (χ1n) is 7.35. The monoisotopic (exact) mass is 375 g/mol. The van der Waals surface area contributed by atoms with Crippen molar-refractivity contribution in [3.05, 3.63) is 64.3 Å². The number of carbonyl (C=O) groups excluding carboxylic acids is 1. The van der Waals surface area contributed by atoms with Crippen LogP contribution in [-0.2, 0) is 11.4 Å². The van der Waals surface area contributed by atoms with Crippen molar-refractivity contribution in [2.45, 2.75) is 6.61 Å². The molecule has 1 fully saturated rings. The highest BCUT2D eigenvalue weighted by Crippen LogP contribution is 2.32. The second kappa shape index (κ2) is 7.67. The van der Waals surface area contributed by atoms with Crippen molar-refractivity contribution in [3.63, 3.8) is 0 Å². The summed E-state index contributed by atoms with van der Waals surface area (Å²) in [5.41, 5.74) is 1.65. The van der Waals surface area contributed by atoms with E-state index < -0.39 is 0 Å². The van der Waals surface area contributed by atoms with Crippen molar-refractivity contribution in [2.24, 2.45) is 0 Å². The molecular formula is C18H14FNO3S2. The zero-order valence-corrected chi connectivity index (χ0v) is 14.9. The third-order valence-corrected chi connectivity index (χ3v) is 4.60. The molecular weight excluding hydrogens is 361 g/mol. The molecule has 0 atom stereocenters. The molecule has 2 aromatic carbocycles. The Kier molecular flexibility index (Phi) is 5.35. The van der Waals surface area contributed by atoms with Crippen molar-refractivity contribution in [3.8, 4) is 11.5 Å². The average Bonchev–Trinajstić information content (AvgIpc) is 2.92. The number of amides is 1. The van der Waals surface area contributed by atoms with E-state index in [4.69, 9.17) is 21.7 Å². The van der Waals surface area contributed by atoms with Crippen molar-refractivity contribution in [2.75, 3.05) is 7.11 Å². The lowest BCUT2D eigenvalue weighted by molar-refractivity contribution is -0.115. The fraction of sp³-hybridized carbons (Fsp3) is 0.111. The Morgan fingerprint density at radius 1 is 1.20 bits per heavy atom. The van der Waals surface area contributed by atoms with Gasteiger partial charge in [-0.25, -0.2) is 4.39 Å². The van der Waals surface area contributed by atoms with E-state index in [-0.39, 0.29) is 11.7 Å². The Bertz CT molecular complexity index is 850. The number of rotatable bonds is 5. The second-order valence-electron chi connectivity index (χ2n) is 5.18. The summed E-state index contributed by atoms with van der Waals surface area (Å²) < 4.78 is 24.5. The smallest absolute Gasteiger partial charge is 0.263 e. The lowest BCUT2D eigenvalue weighted by atomic mass is 10.2. The third kappa shape index (κ3) is 4.37. The van der Waals surface area contributed by atoms with Crippen LogP contribution in [0.1, 0.15) is 11.1 Å². The maximum absolute atomic E-state index is 12.9. The summed E-state index contributed by atoms with van der Waals surface area (Å²) in [6.45, 7) is 0.295. The highest BCUT2D eigenvalue weighted by atomic mass is 32.2.